The fourth-order valence-electron chi connectivity index (χ4n) is 1.83. The van der Waals surface area contributed by atoms with E-state index in [9.17, 15) is 8.78 Å². The van der Waals surface area contributed by atoms with Crippen LogP contribution in [0.4, 0.5) is 8.78 Å². The third-order valence-corrected chi connectivity index (χ3v) is 2.82. The molecule has 0 amide bonds. The van der Waals surface area contributed by atoms with Crippen molar-refractivity contribution in [2.45, 2.75) is 25.9 Å². The van der Waals surface area contributed by atoms with Crippen LogP contribution in [-0.4, -0.2) is 16.3 Å². The van der Waals surface area contributed by atoms with Gasteiger partial charge in [0.25, 0.3) is 5.92 Å². The van der Waals surface area contributed by atoms with Crippen molar-refractivity contribution in [1.29, 1.82) is 0 Å². The maximum atomic E-state index is 14.0. The van der Waals surface area contributed by atoms with E-state index in [0.29, 0.717) is 6.54 Å². The predicted octanol–water partition coefficient (Wildman–Crippen LogP) is 2.78. The molecular weight excluding hydrogens is 248 g/mol. The fraction of sp³-hybridized carbons (Fsp3) is 0.357. The number of aromatic nitrogens is 2. The Bertz CT molecular complexity index is 508. The molecule has 0 aliphatic rings. The van der Waals surface area contributed by atoms with Crippen molar-refractivity contribution in [2.75, 3.05) is 6.54 Å². The second-order valence-corrected chi connectivity index (χ2v) is 4.40. The van der Waals surface area contributed by atoms with Crippen molar-refractivity contribution in [3.05, 3.63) is 53.9 Å². The molecule has 3 nitrogen and oxygen atoms in total. The summed E-state index contributed by atoms with van der Waals surface area (Å²) in [7, 11) is 0. The summed E-state index contributed by atoms with van der Waals surface area (Å²) in [4.78, 5) is 0. The molecule has 1 heterocycles. The summed E-state index contributed by atoms with van der Waals surface area (Å²) in [6.07, 6.45) is 3.27. The van der Waals surface area contributed by atoms with Crippen LogP contribution in [0.2, 0.25) is 0 Å². The lowest BCUT2D eigenvalue weighted by molar-refractivity contribution is -0.0254. The number of hydrogen-bond donors (Lipinski definition) is 1. The van der Waals surface area contributed by atoms with E-state index in [4.69, 9.17) is 0 Å². The van der Waals surface area contributed by atoms with Crippen molar-refractivity contribution < 1.29 is 8.78 Å². The minimum absolute atomic E-state index is 0.0127. The highest BCUT2D eigenvalue weighted by molar-refractivity contribution is 5.19. The zero-order valence-corrected chi connectivity index (χ0v) is 10.8. The first-order valence-electron chi connectivity index (χ1n) is 6.27. The Balaban J connectivity index is 2.05. The number of nitrogens with one attached hydrogen (secondary N) is 1. The average Bonchev–Trinajstić information content (AvgIpc) is 2.84. The third-order valence-electron chi connectivity index (χ3n) is 2.82. The van der Waals surface area contributed by atoms with E-state index in [1.165, 1.54) is 16.8 Å². The Labute approximate surface area is 111 Å². The zero-order valence-electron chi connectivity index (χ0n) is 10.8. The highest BCUT2D eigenvalue weighted by Crippen LogP contribution is 2.29. The topological polar surface area (TPSA) is 29.9 Å². The van der Waals surface area contributed by atoms with Gasteiger partial charge in [-0.05, 0) is 6.54 Å². The first-order valence-corrected chi connectivity index (χ1v) is 6.27. The van der Waals surface area contributed by atoms with E-state index >= 15 is 0 Å². The van der Waals surface area contributed by atoms with E-state index in [0.717, 1.165) is 12.1 Å². The smallest absolute Gasteiger partial charge is 0.292 e. The molecule has 0 atom stereocenters. The van der Waals surface area contributed by atoms with Crippen LogP contribution in [0.25, 0.3) is 0 Å². The number of rotatable bonds is 6. The second kappa shape index (κ2) is 5.93. The van der Waals surface area contributed by atoms with E-state index in [2.05, 4.69) is 10.4 Å². The minimum Gasteiger partial charge on any atom is -0.313 e. The van der Waals surface area contributed by atoms with Crippen LogP contribution < -0.4 is 5.32 Å². The van der Waals surface area contributed by atoms with E-state index in [1.807, 2.05) is 6.92 Å². The second-order valence-electron chi connectivity index (χ2n) is 4.40. The highest BCUT2D eigenvalue weighted by atomic mass is 19.3. The lowest BCUT2D eigenvalue weighted by Crippen LogP contribution is -2.21. The molecule has 0 fully saturated rings. The van der Waals surface area contributed by atoms with Crippen molar-refractivity contribution in [1.82, 2.24) is 15.1 Å². The van der Waals surface area contributed by atoms with Crippen LogP contribution in [0.15, 0.2) is 42.7 Å². The summed E-state index contributed by atoms with van der Waals surface area (Å²) >= 11 is 0. The first kappa shape index (κ1) is 13.7. The Morgan fingerprint density at radius 3 is 2.68 bits per heavy atom. The minimum atomic E-state index is -2.91. The number of hydrogen-bond acceptors (Lipinski definition) is 2. The molecule has 0 bridgehead atoms. The van der Waals surface area contributed by atoms with Crippen molar-refractivity contribution in [3.63, 3.8) is 0 Å². The molecule has 2 rings (SSSR count). The Hall–Kier alpha value is -1.75. The summed E-state index contributed by atoms with van der Waals surface area (Å²) in [5.41, 5.74) is 0.921. The molecule has 1 aromatic carbocycles. The standard InChI is InChI=1S/C14H17F2N3/c1-2-17-8-12-9-18-19(10-12)11-14(15,16)13-6-4-3-5-7-13/h3-7,9-10,17H,2,8,11H2,1H3. The lowest BCUT2D eigenvalue weighted by atomic mass is 10.1. The van der Waals surface area contributed by atoms with Gasteiger partial charge in [-0.3, -0.25) is 4.68 Å². The van der Waals surface area contributed by atoms with Crippen molar-refractivity contribution >= 4 is 0 Å². The van der Waals surface area contributed by atoms with Gasteiger partial charge in [0.05, 0.1) is 6.20 Å². The molecule has 1 N–H and O–H groups in total. The Kier molecular flexibility index (Phi) is 4.27. The summed E-state index contributed by atoms with van der Waals surface area (Å²) in [6.45, 7) is 3.04. The summed E-state index contributed by atoms with van der Waals surface area (Å²) in [5, 5.41) is 7.11. The van der Waals surface area contributed by atoms with E-state index in [1.54, 1.807) is 30.6 Å². The van der Waals surface area contributed by atoms with Gasteiger partial charge in [0.2, 0.25) is 0 Å². The van der Waals surface area contributed by atoms with Gasteiger partial charge in [0.1, 0.15) is 6.54 Å². The summed E-state index contributed by atoms with van der Waals surface area (Å²) < 4.78 is 29.3. The maximum Gasteiger partial charge on any atom is 0.292 e. The van der Waals surface area contributed by atoms with Crippen LogP contribution in [0.5, 0.6) is 0 Å². The van der Waals surface area contributed by atoms with Gasteiger partial charge < -0.3 is 5.32 Å². The number of nitrogens with zero attached hydrogens (tertiary/aromatic N) is 2. The average molecular weight is 265 g/mol. The van der Waals surface area contributed by atoms with Gasteiger partial charge in [-0.2, -0.15) is 13.9 Å². The quantitative estimate of drug-likeness (QED) is 0.870. The number of alkyl halides is 2. The molecule has 0 saturated heterocycles. The van der Waals surface area contributed by atoms with Gasteiger partial charge >= 0.3 is 0 Å². The molecule has 2 aromatic rings. The zero-order chi connectivity index (χ0) is 13.7. The van der Waals surface area contributed by atoms with E-state index < -0.39 is 12.5 Å². The third kappa shape index (κ3) is 3.61. The van der Waals surface area contributed by atoms with Crippen LogP contribution in [0.1, 0.15) is 18.1 Å². The predicted molar refractivity (Wildman–Crippen MR) is 69.9 cm³/mol. The van der Waals surface area contributed by atoms with Gasteiger partial charge in [-0.15, -0.1) is 0 Å². The molecule has 0 radical (unpaired) electrons. The van der Waals surface area contributed by atoms with Gasteiger partial charge in [0, 0.05) is 23.9 Å². The normalized spacial score (nSPS) is 11.7. The Morgan fingerprint density at radius 1 is 1.26 bits per heavy atom. The van der Waals surface area contributed by atoms with Gasteiger partial charge in [0.15, 0.2) is 0 Å². The SMILES string of the molecule is CCNCc1cnn(CC(F)(F)c2ccccc2)c1. The van der Waals surface area contributed by atoms with Crippen LogP contribution in [0.3, 0.4) is 0 Å². The van der Waals surface area contributed by atoms with Crippen LogP contribution in [0, 0.1) is 0 Å². The Morgan fingerprint density at radius 2 is 2.00 bits per heavy atom. The molecule has 19 heavy (non-hydrogen) atoms. The molecule has 5 heteroatoms. The molecule has 102 valence electrons. The van der Waals surface area contributed by atoms with Crippen molar-refractivity contribution in [2.24, 2.45) is 0 Å². The van der Waals surface area contributed by atoms with Gasteiger partial charge in [-0.25, -0.2) is 0 Å². The fourth-order valence-corrected chi connectivity index (χ4v) is 1.83. The van der Waals surface area contributed by atoms with Crippen LogP contribution in [-0.2, 0) is 19.0 Å². The van der Waals surface area contributed by atoms with Crippen LogP contribution >= 0.6 is 0 Å². The molecule has 0 unspecified atom stereocenters. The van der Waals surface area contributed by atoms with E-state index in [-0.39, 0.29) is 5.56 Å². The molecule has 0 aliphatic carbocycles. The largest absolute Gasteiger partial charge is 0.313 e. The molecular formula is C14H17F2N3. The first-order chi connectivity index (χ1) is 9.12. The lowest BCUT2D eigenvalue weighted by Gasteiger charge is -2.16. The summed E-state index contributed by atoms with van der Waals surface area (Å²) in [5.74, 6) is -2.91. The van der Waals surface area contributed by atoms with Gasteiger partial charge in [-0.1, -0.05) is 37.3 Å². The maximum absolute atomic E-state index is 14.0. The number of benzene rings is 1. The van der Waals surface area contributed by atoms with Crippen molar-refractivity contribution in [3.8, 4) is 0 Å². The highest BCUT2D eigenvalue weighted by Gasteiger charge is 2.32. The monoisotopic (exact) mass is 265 g/mol. The molecule has 1 aromatic heterocycles. The number of halogens is 2. The molecule has 0 saturated carbocycles. The summed E-state index contributed by atoms with van der Waals surface area (Å²) in [6, 6.07) is 7.82. The molecule has 0 aliphatic heterocycles. The molecule has 0 spiro atoms.